The summed E-state index contributed by atoms with van der Waals surface area (Å²) in [5.41, 5.74) is 0.927. The molecule has 1 aliphatic heterocycles. The number of imidazole rings is 1. The molecule has 2 heterocycles. The van der Waals surface area contributed by atoms with Crippen LogP contribution < -0.4 is 19.7 Å². The normalized spacial score (nSPS) is 12.9. The van der Waals surface area contributed by atoms with E-state index in [4.69, 9.17) is 21.3 Å². The number of carbonyl (C=O) groups is 2. The van der Waals surface area contributed by atoms with E-state index in [2.05, 4.69) is 10.1 Å². The van der Waals surface area contributed by atoms with Crippen molar-refractivity contribution >= 4 is 29.4 Å². The van der Waals surface area contributed by atoms with Crippen LogP contribution in [0.1, 0.15) is 54.4 Å². The van der Waals surface area contributed by atoms with Gasteiger partial charge >= 0.3 is 12.5 Å². The van der Waals surface area contributed by atoms with Gasteiger partial charge in [0.05, 0.1) is 0 Å². The zero-order chi connectivity index (χ0) is 28.0. The molecule has 0 aliphatic carbocycles. The van der Waals surface area contributed by atoms with E-state index in [0.29, 0.717) is 42.1 Å². The maximum absolute atomic E-state index is 13.6. The standard InChI is InChI=1S/C27H28ClF3N4O4/c1-2-3-14-35(24(36)19-7-6-8-20(28)16-19)23-25(34-15-5-4-9-22(34)33-23)38-26(37)32-17-18-10-12-21(13-11-18)39-27(29,30)31/h6-8,10-13,16H,2-5,9,14-15,17H2,1H3,(H,32,37). The number of fused-ring (bicyclic) bond motifs is 1. The molecule has 3 aromatic rings. The van der Waals surface area contributed by atoms with Crippen molar-refractivity contribution in [1.29, 1.82) is 0 Å². The number of nitrogens with one attached hydrogen (secondary N) is 1. The number of nitrogens with zero attached hydrogens (tertiary/aromatic N) is 3. The molecule has 1 aliphatic rings. The fourth-order valence-electron chi connectivity index (χ4n) is 4.22. The molecular weight excluding hydrogens is 537 g/mol. The fourth-order valence-corrected chi connectivity index (χ4v) is 4.41. The average Bonchev–Trinajstić information content (AvgIpc) is 3.25. The molecule has 0 unspecified atom stereocenters. The highest BCUT2D eigenvalue weighted by molar-refractivity contribution is 6.31. The molecule has 0 radical (unpaired) electrons. The highest BCUT2D eigenvalue weighted by Crippen LogP contribution is 2.34. The van der Waals surface area contributed by atoms with Gasteiger partial charge in [-0.15, -0.1) is 13.2 Å². The molecule has 0 saturated carbocycles. The average molecular weight is 565 g/mol. The first-order valence-electron chi connectivity index (χ1n) is 12.6. The van der Waals surface area contributed by atoms with Crippen molar-refractivity contribution in [3.05, 3.63) is 70.5 Å². The zero-order valence-corrected chi connectivity index (χ0v) is 22.0. The quantitative estimate of drug-likeness (QED) is 0.320. The molecule has 0 atom stereocenters. The van der Waals surface area contributed by atoms with Gasteiger partial charge in [0.2, 0.25) is 5.88 Å². The Morgan fingerprint density at radius 2 is 1.92 bits per heavy atom. The van der Waals surface area contributed by atoms with Crippen LogP contribution in [0.25, 0.3) is 0 Å². The highest BCUT2D eigenvalue weighted by Gasteiger charge is 2.31. The number of aromatic nitrogens is 2. The molecular formula is C27H28ClF3N4O4. The van der Waals surface area contributed by atoms with Crippen molar-refractivity contribution in [2.75, 3.05) is 11.4 Å². The maximum atomic E-state index is 13.6. The van der Waals surface area contributed by atoms with Gasteiger partial charge in [0, 0.05) is 36.6 Å². The lowest BCUT2D eigenvalue weighted by Gasteiger charge is -2.22. The Kier molecular flexibility index (Phi) is 9.01. The van der Waals surface area contributed by atoms with Crippen LogP contribution in [0.2, 0.25) is 5.02 Å². The Bertz CT molecular complexity index is 1310. The first-order chi connectivity index (χ1) is 18.6. The van der Waals surface area contributed by atoms with Gasteiger partial charge in [-0.05, 0) is 55.2 Å². The number of anilines is 1. The Morgan fingerprint density at radius 3 is 2.62 bits per heavy atom. The smallest absolute Gasteiger partial charge is 0.406 e. The maximum Gasteiger partial charge on any atom is 0.573 e. The summed E-state index contributed by atoms with van der Waals surface area (Å²) in [5, 5.41) is 3.03. The summed E-state index contributed by atoms with van der Waals surface area (Å²) in [5.74, 6) is 0.477. The van der Waals surface area contributed by atoms with Crippen LogP contribution in [-0.2, 0) is 19.5 Å². The van der Waals surface area contributed by atoms with E-state index in [1.807, 2.05) is 11.5 Å². The van der Waals surface area contributed by atoms with Crippen molar-refractivity contribution in [2.24, 2.45) is 0 Å². The molecule has 4 rings (SSSR count). The topological polar surface area (TPSA) is 85.7 Å². The molecule has 0 spiro atoms. The van der Waals surface area contributed by atoms with E-state index >= 15 is 0 Å². The number of benzene rings is 2. The van der Waals surface area contributed by atoms with Crippen LogP contribution >= 0.6 is 11.6 Å². The number of halogens is 4. The van der Waals surface area contributed by atoms with Gasteiger partial charge in [-0.2, -0.15) is 0 Å². The monoisotopic (exact) mass is 564 g/mol. The van der Waals surface area contributed by atoms with Crippen molar-refractivity contribution in [3.63, 3.8) is 0 Å². The first-order valence-corrected chi connectivity index (χ1v) is 13.0. The van der Waals surface area contributed by atoms with E-state index in [-0.39, 0.29) is 29.9 Å². The summed E-state index contributed by atoms with van der Waals surface area (Å²) >= 11 is 6.12. The van der Waals surface area contributed by atoms with Gasteiger partial charge in [0.25, 0.3) is 5.91 Å². The van der Waals surface area contributed by atoms with Crippen molar-refractivity contribution < 1.29 is 32.2 Å². The lowest BCUT2D eigenvalue weighted by molar-refractivity contribution is -0.274. The minimum absolute atomic E-state index is 0.00243. The van der Waals surface area contributed by atoms with Crippen molar-refractivity contribution in [3.8, 4) is 11.6 Å². The minimum atomic E-state index is -4.79. The summed E-state index contributed by atoms with van der Waals surface area (Å²) < 4.78 is 48.6. The Hall–Kier alpha value is -3.73. The van der Waals surface area contributed by atoms with Crippen LogP contribution in [0.3, 0.4) is 0 Å². The number of ether oxygens (including phenoxy) is 2. The predicted molar refractivity (Wildman–Crippen MR) is 139 cm³/mol. The summed E-state index contributed by atoms with van der Waals surface area (Å²) in [7, 11) is 0. The fraction of sp³-hybridized carbons (Fsp3) is 0.370. The van der Waals surface area contributed by atoms with Crippen LogP contribution in [-0.4, -0.2) is 34.5 Å². The van der Waals surface area contributed by atoms with Gasteiger partial charge < -0.3 is 14.8 Å². The second-order valence-electron chi connectivity index (χ2n) is 9.02. The lowest BCUT2D eigenvalue weighted by atomic mass is 10.2. The summed E-state index contributed by atoms with van der Waals surface area (Å²) in [4.78, 5) is 32.6. The van der Waals surface area contributed by atoms with Gasteiger partial charge in [0.1, 0.15) is 11.6 Å². The number of unbranched alkanes of at least 4 members (excludes halogenated alkanes) is 1. The Balaban J connectivity index is 1.54. The largest absolute Gasteiger partial charge is 0.573 e. The third-order valence-electron chi connectivity index (χ3n) is 6.11. The van der Waals surface area contributed by atoms with Crippen molar-refractivity contribution in [1.82, 2.24) is 14.9 Å². The molecule has 1 N–H and O–H groups in total. The molecule has 12 heteroatoms. The molecule has 1 aromatic heterocycles. The summed E-state index contributed by atoms with van der Waals surface area (Å²) in [6.07, 6.45) is -1.57. The minimum Gasteiger partial charge on any atom is -0.406 e. The number of hydrogen-bond donors (Lipinski definition) is 1. The van der Waals surface area contributed by atoms with E-state index in [1.54, 1.807) is 24.3 Å². The predicted octanol–water partition coefficient (Wildman–Crippen LogP) is 6.51. The van der Waals surface area contributed by atoms with E-state index in [9.17, 15) is 22.8 Å². The summed E-state index contributed by atoms with van der Waals surface area (Å²) in [6, 6.07) is 11.8. The zero-order valence-electron chi connectivity index (χ0n) is 21.3. The number of rotatable bonds is 9. The molecule has 2 aromatic carbocycles. The number of carbonyl (C=O) groups excluding carboxylic acids is 2. The SMILES string of the molecule is CCCCN(C(=O)c1cccc(Cl)c1)c1nc2n(c1OC(=O)NCc1ccc(OC(F)(F)F)cc1)CCCC2. The molecule has 0 fully saturated rings. The van der Waals surface area contributed by atoms with Crippen LogP contribution in [0.15, 0.2) is 48.5 Å². The van der Waals surface area contributed by atoms with E-state index in [1.165, 1.54) is 17.0 Å². The number of alkyl halides is 3. The van der Waals surface area contributed by atoms with Gasteiger partial charge in [-0.1, -0.05) is 43.1 Å². The first kappa shape index (κ1) is 28.3. The third-order valence-corrected chi connectivity index (χ3v) is 6.34. The number of aryl methyl sites for hydroxylation is 1. The highest BCUT2D eigenvalue weighted by atomic mass is 35.5. The van der Waals surface area contributed by atoms with Gasteiger partial charge in [-0.25, -0.2) is 9.78 Å². The summed E-state index contributed by atoms with van der Waals surface area (Å²) in [6.45, 7) is 2.95. The van der Waals surface area contributed by atoms with Gasteiger partial charge in [-0.3, -0.25) is 14.3 Å². The molecule has 0 saturated heterocycles. The van der Waals surface area contributed by atoms with Gasteiger partial charge in [0.15, 0.2) is 5.82 Å². The van der Waals surface area contributed by atoms with E-state index in [0.717, 1.165) is 37.2 Å². The van der Waals surface area contributed by atoms with Crippen LogP contribution in [0.5, 0.6) is 11.6 Å². The Labute approximate surface area is 228 Å². The van der Waals surface area contributed by atoms with E-state index < -0.39 is 12.5 Å². The number of amides is 2. The molecule has 0 bridgehead atoms. The molecule has 2 amide bonds. The van der Waals surface area contributed by atoms with Crippen LogP contribution in [0, 0.1) is 0 Å². The lowest BCUT2D eigenvalue weighted by Crippen LogP contribution is -2.34. The Morgan fingerprint density at radius 1 is 1.15 bits per heavy atom. The van der Waals surface area contributed by atoms with Crippen LogP contribution in [0.4, 0.5) is 23.8 Å². The molecule has 8 nitrogen and oxygen atoms in total. The second-order valence-corrected chi connectivity index (χ2v) is 9.46. The van der Waals surface area contributed by atoms with Crippen molar-refractivity contribution in [2.45, 2.75) is 58.5 Å². The second kappa shape index (κ2) is 12.4. The molecule has 208 valence electrons. The molecule has 39 heavy (non-hydrogen) atoms. The third kappa shape index (κ3) is 7.44. The number of hydrogen-bond acceptors (Lipinski definition) is 5.